The van der Waals surface area contributed by atoms with E-state index in [1.807, 2.05) is 20.8 Å². The van der Waals surface area contributed by atoms with E-state index in [1.165, 1.54) is 6.07 Å². The number of aldehydes is 1. The predicted octanol–water partition coefficient (Wildman–Crippen LogP) is 3.78. The Kier molecular flexibility index (Phi) is 3.79. The number of hydrogen-bond acceptors (Lipinski definition) is 2. The lowest BCUT2D eigenvalue weighted by Crippen LogP contribution is -2.04. The van der Waals surface area contributed by atoms with Gasteiger partial charge >= 0.3 is 0 Å². The Hall–Kier alpha value is -1.97. The van der Waals surface area contributed by atoms with Crippen LogP contribution in [0, 0.1) is 12.7 Å². The van der Waals surface area contributed by atoms with Crippen LogP contribution in [0.3, 0.4) is 0 Å². The van der Waals surface area contributed by atoms with E-state index >= 15 is 0 Å². The van der Waals surface area contributed by atoms with E-state index in [4.69, 9.17) is 0 Å². The molecule has 0 radical (unpaired) electrons. The molecule has 0 saturated heterocycles. The fourth-order valence-corrected chi connectivity index (χ4v) is 1.93. The summed E-state index contributed by atoms with van der Waals surface area (Å²) >= 11 is 0. The van der Waals surface area contributed by atoms with Gasteiger partial charge in [-0.25, -0.2) is 4.39 Å². The molecule has 0 fully saturated rings. The Balaban J connectivity index is 2.57. The first-order chi connectivity index (χ1) is 9.06. The lowest BCUT2D eigenvalue weighted by atomic mass is 10.1. The monoisotopic (exact) mass is 260 g/mol. The van der Waals surface area contributed by atoms with Gasteiger partial charge in [-0.05, 0) is 32.4 Å². The molecule has 0 aliphatic heterocycles. The number of aryl methyl sites for hydroxylation is 1. The zero-order valence-electron chi connectivity index (χ0n) is 11.4. The first kappa shape index (κ1) is 13.5. The van der Waals surface area contributed by atoms with Crippen molar-refractivity contribution in [2.24, 2.45) is 0 Å². The van der Waals surface area contributed by atoms with E-state index in [0.717, 1.165) is 18.3 Å². The van der Waals surface area contributed by atoms with Crippen molar-refractivity contribution < 1.29 is 9.18 Å². The van der Waals surface area contributed by atoms with Crippen molar-refractivity contribution in [2.45, 2.75) is 33.2 Å². The summed E-state index contributed by atoms with van der Waals surface area (Å²) < 4.78 is 15.6. The Morgan fingerprint density at radius 2 is 2.21 bits per heavy atom. The van der Waals surface area contributed by atoms with Gasteiger partial charge < -0.3 is 0 Å². The molecule has 1 heterocycles. The molecule has 0 amide bonds. The molecule has 100 valence electrons. The maximum atomic E-state index is 13.9. The Morgan fingerprint density at radius 3 is 2.84 bits per heavy atom. The third-order valence-corrected chi connectivity index (χ3v) is 3.31. The fraction of sp³-hybridized carbons (Fsp3) is 0.333. The number of benzene rings is 1. The highest BCUT2D eigenvalue weighted by Crippen LogP contribution is 2.26. The largest absolute Gasteiger partial charge is 0.298 e. The molecule has 3 nitrogen and oxygen atoms in total. The summed E-state index contributed by atoms with van der Waals surface area (Å²) in [6, 6.07) is 5.00. The molecule has 4 heteroatoms. The molecule has 0 N–H and O–H groups in total. The highest BCUT2D eigenvalue weighted by molar-refractivity contribution is 5.85. The van der Waals surface area contributed by atoms with Gasteiger partial charge in [-0.1, -0.05) is 18.6 Å². The SMILES string of the molecule is CCC(C)n1cc(C=O)c(-c2cc(C)ccc2F)n1. The van der Waals surface area contributed by atoms with Crippen LogP contribution in [0.15, 0.2) is 24.4 Å². The van der Waals surface area contributed by atoms with E-state index in [1.54, 1.807) is 23.0 Å². The molecule has 1 aromatic carbocycles. The number of carbonyl (C=O) groups excluding carboxylic acids is 1. The molecule has 0 aliphatic carbocycles. The number of aromatic nitrogens is 2. The third kappa shape index (κ3) is 2.57. The van der Waals surface area contributed by atoms with Crippen LogP contribution in [0.25, 0.3) is 11.3 Å². The molecule has 0 aliphatic rings. The molecule has 0 spiro atoms. The quantitative estimate of drug-likeness (QED) is 0.784. The Labute approximate surface area is 112 Å². The van der Waals surface area contributed by atoms with Gasteiger partial charge in [-0.2, -0.15) is 5.10 Å². The summed E-state index contributed by atoms with van der Waals surface area (Å²) in [5.41, 5.74) is 2.15. The van der Waals surface area contributed by atoms with Crippen molar-refractivity contribution in [1.29, 1.82) is 0 Å². The Morgan fingerprint density at radius 1 is 1.47 bits per heavy atom. The topological polar surface area (TPSA) is 34.9 Å². The van der Waals surface area contributed by atoms with Crippen LogP contribution in [0.4, 0.5) is 4.39 Å². The first-order valence-corrected chi connectivity index (χ1v) is 6.37. The molecule has 1 unspecified atom stereocenters. The van der Waals surface area contributed by atoms with Crippen LogP contribution in [0.5, 0.6) is 0 Å². The van der Waals surface area contributed by atoms with Gasteiger partial charge in [-0.15, -0.1) is 0 Å². The fourth-order valence-electron chi connectivity index (χ4n) is 1.93. The molecule has 2 rings (SSSR count). The standard InChI is InChI=1S/C15H17FN2O/c1-4-11(3)18-8-12(9-19)15(17-18)13-7-10(2)5-6-14(13)16/h5-9,11H,4H2,1-3H3. The molecule has 1 aromatic heterocycles. The third-order valence-electron chi connectivity index (χ3n) is 3.31. The van der Waals surface area contributed by atoms with Crippen molar-refractivity contribution in [3.63, 3.8) is 0 Å². The van der Waals surface area contributed by atoms with Gasteiger partial charge in [0.1, 0.15) is 11.5 Å². The van der Waals surface area contributed by atoms with Gasteiger partial charge in [0.2, 0.25) is 0 Å². The van der Waals surface area contributed by atoms with Gasteiger partial charge in [0.15, 0.2) is 6.29 Å². The molecule has 2 aromatic rings. The minimum atomic E-state index is -0.358. The number of nitrogens with zero attached hydrogens (tertiary/aromatic N) is 2. The van der Waals surface area contributed by atoms with Crippen molar-refractivity contribution in [3.05, 3.63) is 41.3 Å². The molecule has 1 atom stereocenters. The Bertz CT molecular complexity index is 604. The maximum Gasteiger partial charge on any atom is 0.153 e. The summed E-state index contributed by atoms with van der Waals surface area (Å²) in [6.45, 7) is 5.94. The summed E-state index contributed by atoms with van der Waals surface area (Å²) in [5.74, 6) is -0.358. The van der Waals surface area contributed by atoms with E-state index in [-0.39, 0.29) is 11.9 Å². The van der Waals surface area contributed by atoms with Gasteiger partial charge in [0.05, 0.1) is 5.56 Å². The number of rotatable bonds is 4. The zero-order valence-corrected chi connectivity index (χ0v) is 11.4. The van der Waals surface area contributed by atoms with Gasteiger partial charge in [0, 0.05) is 17.8 Å². The van der Waals surface area contributed by atoms with E-state index in [9.17, 15) is 9.18 Å². The number of halogens is 1. The van der Waals surface area contributed by atoms with Crippen LogP contribution in [-0.4, -0.2) is 16.1 Å². The number of carbonyl (C=O) groups is 1. The average molecular weight is 260 g/mol. The zero-order chi connectivity index (χ0) is 14.0. The van der Waals surface area contributed by atoms with Gasteiger partial charge in [0.25, 0.3) is 0 Å². The van der Waals surface area contributed by atoms with E-state index < -0.39 is 0 Å². The van der Waals surface area contributed by atoms with E-state index in [0.29, 0.717) is 16.8 Å². The molecule has 0 saturated carbocycles. The summed E-state index contributed by atoms with van der Waals surface area (Å²) in [5, 5.41) is 4.37. The summed E-state index contributed by atoms with van der Waals surface area (Å²) in [7, 11) is 0. The maximum absolute atomic E-state index is 13.9. The second kappa shape index (κ2) is 5.34. The first-order valence-electron chi connectivity index (χ1n) is 6.37. The molecular weight excluding hydrogens is 243 g/mol. The minimum Gasteiger partial charge on any atom is -0.298 e. The van der Waals surface area contributed by atoms with Crippen LogP contribution < -0.4 is 0 Å². The summed E-state index contributed by atoms with van der Waals surface area (Å²) in [4.78, 5) is 11.1. The van der Waals surface area contributed by atoms with Crippen molar-refractivity contribution in [2.75, 3.05) is 0 Å². The van der Waals surface area contributed by atoms with E-state index in [2.05, 4.69) is 5.10 Å². The van der Waals surface area contributed by atoms with Crippen LogP contribution in [-0.2, 0) is 0 Å². The number of hydrogen-bond donors (Lipinski definition) is 0. The second-order valence-electron chi connectivity index (χ2n) is 4.77. The average Bonchev–Trinajstić information content (AvgIpc) is 2.84. The molecule has 0 bridgehead atoms. The second-order valence-corrected chi connectivity index (χ2v) is 4.77. The van der Waals surface area contributed by atoms with Crippen molar-refractivity contribution in [3.8, 4) is 11.3 Å². The smallest absolute Gasteiger partial charge is 0.153 e. The lowest BCUT2D eigenvalue weighted by Gasteiger charge is -2.08. The highest BCUT2D eigenvalue weighted by atomic mass is 19.1. The molecular formula is C15H17FN2O. The lowest BCUT2D eigenvalue weighted by molar-refractivity contribution is 0.112. The van der Waals surface area contributed by atoms with Crippen molar-refractivity contribution in [1.82, 2.24) is 9.78 Å². The van der Waals surface area contributed by atoms with Crippen LogP contribution >= 0.6 is 0 Å². The van der Waals surface area contributed by atoms with Crippen LogP contribution in [0.1, 0.15) is 42.2 Å². The minimum absolute atomic E-state index is 0.181. The molecule has 19 heavy (non-hydrogen) atoms. The highest BCUT2D eigenvalue weighted by Gasteiger charge is 2.16. The summed E-state index contributed by atoms with van der Waals surface area (Å²) in [6.07, 6.45) is 3.30. The van der Waals surface area contributed by atoms with Crippen LogP contribution in [0.2, 0.25) is 0 Å². The normalized spacial score (nSPS) is 12.4. The van der Waals surface area contributed by atoms with Crippen molar-refractivity contribution >= 4 is 6.29 Å². The predicted molar refractivity (Wildman–Crippen MR) is 72.7 cm³/mol. The van der Waals surface area contributed by atoms with Gasteiger partial charge in [-0.3, -0.25) is 9.48 Å².